The monoisotopic (exact) mass is 276 g/mol. The summed E-state index contributed by atoms with van der Waals surface area (Å²) in [5, 5.41) is 10.1. The summed E-state index contributed by atoms with van der Waals surface area (Å²) >= 11 is 0. The molecule has 0 aliphatic heterocycles. The van der Waals surface area contributed by atoms with Gasteiger partial charge < -0.3 is 14.3 Å². The van der Waals surface area contributed by atoms with Crippen molar-refractivity contribution in [2.75, 3.05) is 13.2 Å². The van der Waals surface area contributed by atoms with Gasteiger partial charge in [-0.2, -0.15) is 0 Å². The number of esters is 1. The van der Waals surface area contributed by atoms with Crippen LogP contribution in [0, 0.1) is 5.41 Å². The highest BCUT2D eigenvalue weighted by Crippen LogP contribution is 2.26. The van der Waals surface area contributed by atoms with Gasteiger partial charge in [-0.05, 0) is 19.1 Å². The molecule has 2 rings (SSSR count). The summed E-state index contributed by atoms with van der Waals surface area (Å²) in [5.74, 6) is -0.208. The minimum Gasteiger partial charge on any atom is -0.464 e. The molecule has 0 amide bonds. The van der Waals surface area contributed by atoms with Gasteiger partial charge in [0, 0.05) is 10.8 Å². The van der Waals surface area contributed by atoms with E-state index in [0.717, 1.165) is 11.0 Å². The van der Waals surface area contributed by atoms with Gasteiger partial charge >= 0.3 is 5.97 Å². The Labute approximate surface area is 118 Å². The number of aliphatic hydroxyl groups excluding tert-OH is 1. The molecule has 4 heteroatoms. The van der Waals surface area contributed by atoms with Crippen molar-refractivity contribution in [1.29, 1.82) is 0 Å². The van der Waals surface area contributed by atoms with Crippen molar-refractivity contribution in [3.05, 3.63) is 36.1 Å². The van der Waals surface area contributed by atoms with Gasteiger partial charge in [0.25, 0.3) is 0 Å². The number of carbonyl (C=O) groups is 1. The molecule has 0 bridgehead atoms. The van der Waals surface area contributed by atoms with Crippen LogP contribution < -0.4 is 0 Å². The zero-order valence-corrected chi connectivity index (χ0v) is 12.1. The normalized spacial score (nSPS) is 13.4. The summed E-state index contributed by atoms with van der Waals surface area (Å²) in [6.07, 6.45) is 0. The van der Waals surface area contributed by atoms with Gasteiger partial charge in [-0.25, -0.2) is 0 Å². The summed E-state index contributed by atoms with van der Waals surface area (Å²) < 4.78 is 10.9. The largest absolute Gasteiger partial charge is 0.464 e. The molecule has 1 heterocycles. The fraction of sp³-hybridized carbons (Fsp3) is 0.438. The average molecular weight is 276 g/mol. The first kappa shape index (κ1) is 14.6. The number of carbonyl (C=O) groups excluding carboxylic acids is 1. The minimum absolute atomic E-state index is 0.0285. The van der Waals surface area contributed by atoms with Crippen molar-refractivity contribution in [1.82, 2.24) is 0 Å². The smallest absolute Gasteiger partial charge is 0.316 e. The molecule has 20 heavy (non-hydrogen) atoms. The van der Waals surface area contributed by atoms with Crippen LogP contribution in [0.25, 0.3) is 11.0 Å². The summed E-state index contributed by atoms with van der Waals surface area (Å²) in [7, 11) is 0. The molecule has 4 nitrogen and oxygen atoms in total. The van der Waals surface area contributed by atoms with Crippen LogP contribution in [0.4, 0.5) is 0 Å². The van der Waals surface area contributed by atoms with E-state index in [1.54, 1.807) is 6.92 Å². The average Bonchev–Trinajstić information content (AvgIpc) is 2.87. The first-order valence-electron chi connectivity index (χ1n) is 6.69. The second-order valence-corrected chi connectivity index (χ2v) is 5.84. The number of hydrogen-bond acceptors (Lipinski definition) is 4. The molecule has 0 saturated heterocycles. The third-order valence-electron chi connectivity index (χ3n) is 3.26. The number of para-hydroxylation sites is 1. The van der Waals surface area contributed by atoms with Crippen LogP contribution in [0.1, 0.15) is 32.4 Å². The fourth-order valence-corrected chi connectivity index (χ4v) is 1.77. The minimum atomic E-state index is -0.461. The Kier molecular flexibility index (Phi) is 4.14. The van der Waals surface area contributed by atoms with Gasteiger partial charge in [-0.3, -0.25) is 4.79 Å². The lowest BCUT2D eigenvalue weighted by atomic mass is 9.96. The topological polar surface area (TPSA) is 59.7 Å². The molecule has 2 aromatic rings. The third-order valence-corrected chi connectivity index (χ3v) is 3.26. The number of hydrogen-bond donors (Lipinski definition) is 1. The molecule has 0 aliphatic rings. The molecular formula is C16H20O4. The van der Waals surface area contributed by atoms with Gasteiger partial charge in [0.05, 0.1) is 13.2 Å². The second-order valence-electron chi connectivity index (χ2n) is 5.84. The van der Waals surface area contributed by atoms with Gasteiger partial charge in [0.2, 0.25) is 0 Å². The predicted molar refractivity (Wildman–Crippen MR) is 76.5 cm³/mol. The number of furan rings is 1. The molecule has 0 spiro atoms. The van der Waals surface area contributed by atoms with Gasteiger partial charge in [0.1, 0.15) is 17.3 Å². The first-order chi connectivity index (χ1) is 9.43. The fourth-order valence-electron chi connectivity index (χ4n) is 1.77. The van der Waals surface area contributed by atoms with Crippen molar-refractivity contribution in [3.8, 4) is 0 Å². The highest BCUT2D eigenvalue weighted by atomic mass is 16.5. The zero-order chi connectivity index (χ0) is 14.8. The molecule has 0 aliphatic carbocycles. The lowest BCUT2D eigenvalue weighted by Gasteiger charge is -2.21. The van der Waals surface area contributed by atoms with E-state index in [0.29, 0.717) is 5.76 Å². The number of rotatable bonds is 5. The summed E-state index contributed by atoms with van der Waals surface area (Å²) in [6, 6.07) is 9.48. The maximum Gasteiger partial charge on any atom is 0.316 e. The molecule has 0 fully saturated rings. The van der Waals surface area contributed by atoms with E-state index in [9.17, 15) is 4.79 Å². The quantitative estimate of drug-likeness (QED) is 0.852. The maximum atomic E-state index is 12.0. The van der Waals surface area contributed by atoms with Crippen molar-refractivity contribution in [2.45, 2.75) is 26.7 Å². The van der Waals surface area contributed by atoms with Crippen LogP contribution >= 0.6 is 0 Å². The van der Waals surface area contributed by atoms with E-state index >= 15 is 0 Å². The highest BCUT2D eigenvalue weighted by Gasteiger charge is 2.24. The van der Waals surface area contributed by atoms with Crippen LogP contribution in [0.2, 0.25) is 0 Å². The van der Waals surface area contributed by atoms with Crippen LogP contribution in [0.15, 0.2) is 34.7 Å². The van der Waals surface area contributed by atoms with E-state index in [1.807, 2.05) is 44.2 Å². The first-order valence-corrected chi connectivity index (χ1v) is 6.69. The Morgan fingerprint density at radius 1 is 1.40 bits per heavy atom. The van der Waals surface area contributed by atoms with Crippen molar-refractivity contribution in [2.24, 2.45) is 5.41 Å². The highest BCUT2D eigenvalue weighted by molar-refractivity contribution is 5.82. The van der Waals surface area contributed by atoms with E-state index in [1.165, 1.54) is 0 Å². The molecule has 108 valence electrons. The SMILES string of the molecule is C[C@H](C(=O)OCC(C)(C)CO)c1cc2ccccc2o1. The predicted octanol–water partition coefficient (Wildman–Crippen LogP) is 3.10. The standard InChI is InChI=1S/C16H20O4/c1-11(15(18)19-10-16(2,3)9-17)14-8-12-6-4-5-7-13(12)20-14/h4-8,11,17H,9-10H2,1-3H3/t11-/m0/s1. The lowest BCUT2D eigenvalue weighted by Crippen LogP contribution is -2.27. The van der Waals surface area contributed by atoms with Gasteiger partial charge in [-0.1, -0.05) is 32.0 Å². The number of aliphatic hydroxyl groups is 1. The van der Waals surface area contributed by atoms with Crippen LogP contribution in [0.5, 0.6) is 0 Å². The van der Waals surface area contributed by atoms with E-state index in [-0.39, 0.29) is 19.2 Å². The summed E-state index contributed by atoms with van der Waals surface area (Å²) in [5.41, 5.74) is 0.335. The molecule has 0 radical (unpaired) electrons. The molecule has 0 unspecified atom stereocenters. The number of fused-ring (bicyclic) bond motifs is 1. The van der Waals surface area contributed by atoms with Crippen molar-refractivity contribution >= 4 is 16.9 Å². The van der Waals surface area contributed by atoms with Crippen LogP contribution in [0.3, 0.4) is 0 Å². The zero-order valence-electron chi connectivity index (χ0n) is 12.1. The van der Waals surface area contributed by atoms with Crippen molar-refractivity contribution < 1.29 is 19.1 Å². The third kappa shape index (κ3) is 3.20. The maximum absolute atomic E-state index is 12.0. The Balaban J connectivity index is 2.06. The lowest BCUT2D eigenvalue weighted by molar-refractivity contribution is -0.149. The van der Waals surface area contributed by atoms with Crippen LogP contribution in [-0.4, -0.2) is 24.3 Å². The van der Waals surface area contributed by atoms with E-state index in [4.69, 9.17) is 14.3 Å². The molecule has 1 N–H and O–H groups in total. The Bertz CT molecular complexity index is 564. The van der Waals surface area contributed by atoms with E-state index in [2.05, 4.69) is 0 Å². The van der Waals surface area contributed by atoms with Crippen molar-refractivity contribution in [3.63, 3.8) is 0 Å². The molecule has 1 aromatic heterocycles. The number of ether oxygens (including phenoxy) is 1. The molecule has 0 saturated carbocycles. The molecule has 1 atom stereocenters. The number of benzene rings is 1. The Hall–Kier alpha value is -1.81. The second kappa shape index (κ2) is 5.67. The van der Waals surface area contributed by atoms with E-state index < -0.39 is 11.3 Å². The summed E-state index contributed by atoms with van der Waals surface area (Å²) in [6.45, 7) is 5.59. The Morgan fingerprint density at radius 3 is 2.75 bits per heavy atom. The Morgan fingerprint density at radius 2 is 2.10 bits per heavy atom. The van der Waals surface area contributed by atoms with Gasteiger partial charge in [0.15, 0.2) is 0 Å². The molecule has 1 aromatic carbocycles. The van der Waals surface area contributed by atoms with Crippen LogP contribution in [-0.2, 0) is 9.53 Å². The van der Waals surface area contributed by atoms with Gasteiger partial charge in [-0.15, -0.1) is 0 Å². The molecular weight excluding hydrogens is 256 g/mol. The summed E-state index contributed by atoms with van der Waals surface area (Å²) in [4.78, 5) is 12.0.